The van der Waals surface area contributed by atoms with E-state index in [1.807, 2.05) is 31.3 Å². The van der Waals surface area contributed by atoms with Crippen LogP contribution in [0.15, 0.2) is 36.5 Å². The van der Waals surface area contributed by atoms with Gasteiger partial charge in [0.05, 0.1) is 17.7 Å². The van der Waals surface area contributed by atoms with E-state index in [4.69, 9.17) is 0 Å². The standard InChI is InChI=1S/C16H20N4O2.2ClH/c1-17-9-4-8-14(21)19-11-15(22)20-13-7-2-5-12-6-3-10-18-16(12)13;;/h2-3,5-7,10,17H,4,8-9,11H2,1H3,(H,19,21)(H,20,22);2*1H. The number of carbonyl (C=O) groups excluding carboxylic acids is 2. The number of hydrogen-bond acceptors (Lipinski definition) is 4. The fraction of sp³-hybridized carbons (Fsp3) is 0.312. The molecular weight excluding hydrogens is 351 g/mol. The summed E-state index contributed by atoms with van der Waals surface area (Å²) in [6, 6.07) is 9.36. The minimum atomic E-state index is -0.264. The third-order valence-electron chi connectivity index (χ3n) is 3.18. The third kappa shape index (κ3) is 6.70. The van der Waals surface area contributed by atoms with Gasteiger partial charge < -0.3 is 16.0 Å². The monoisotopic (exact) mass is 372 g/mol. The summed E-state index contributed by atoms with van der Waals surface area (Å²) >= 11 is 0. The number of anilines is 1. The highest BCUT2D eigenvalue weighted by Crippen LogP contribution is 2.20. The normalized spacial score (nSPS) is 9.54. The van der Waals surface area contributed by atoms with Crippen LogP contribution in [0.2, 0.25) is 0 Å². The Hall–Kier alpha value is -1.89. The van der Waals surface area contributed by atoms with E-state index >= 15 is 0 Å². The maximum absolute atomic E-state index is 11.9. The fourth-order valence-electron chi connectivity index (χ4n) is 2.09. The lowest BCUT2D eigenvalue weighted by atomic mass is 10.2. The summed E-state index contributed by atoms with van der Waals surface area (Å²) in [6.45, 7) is 0.739. The Morgan fingerprint density at radius 2 is 1.83 bits per heavy atom. The molecule has 1 aromatic heterocycles. The van der Waals surface area contributed by atoms with Gasteiger partial charge in [-0.25, -0.2) is 0 Å². The van der Waals surface area contributed by atoms with Gasteiger partial charge in [0, 0.05) is 18.0 Å². The first-order chi connectivity index (χ1) is 10.7. The summed E-state index contributed by atoms with van der Waals surface area (Å²) in [5.41, 5.74) is 1.38. The number of rotatable bonds is 7. The molecule has 2 aromatic rings. The van der Waals surface area contributed by atoms with Gasteiger partial charge >= 0.3 is 0 Å². The highest BCUT2D eigenvalue weighted by Gasteiger charge is 2.08. The van der Waals surface area contributed by atoms with E-state index in [1.165, 1.54) is 0 Å². The van der Waals surface area contributed by atoms with E-state index in [1.54, 1.807) is 12.3 Å². The van der Waals surface area contributed by atoms with Gasteiger partial charge in [0.15, 0.2) is 0 Å². The average Bonchev–Trinajstić information content (AvgIpc) is 2.54. The van der Waals surface area contributed by atoms with Crippen molar-refractivity contribution in [1.82, 2.24) is 15.6 Å². The number of halogens is 2. The zero-order chi connectivity index (χ0) is 15.8. The van der Waals surface area contributed by atoms with Crippen molar-refractivity contribution in [3.05, 3.63) is 36.5 Å². The van der Waals surface area contributed by atoms with Crippen LogP contribution >= 0.6 is 24.8 Å². The van der Waals surface area contributed by atoms with Crippen LogP contribution in [0.25, 0.3) is 10.9 Å². The second-order valence-electron chi connectivity index (χ2n) is 4.91. The van der Waals surface area contributed by atoms with Crippen LogP contribution in [-0.2, 0) is 9.59 Å². The van der Waals surface area contributed by atoms with Crippen molar-refractivity contribution in [2.24, 2.45) is 0 Å². The molecular formula is C16H22Cl2N4O2. The maximum Gasteiger partial charge on any atom is 0.243 e. The number of pyridine rings is 1. The summed E-state index contributed by atoms with van der Waals surface area (Å²) in [7, 11) is 1.84. The Labute approximate surface area is 153 Å². The van der Waals surface area contributed by atoms with Gasteiger partial charge in [-0.15, -0.1) is 24.8 Å². The van der Waals surface area contributed by atoms with Gasteiger partial charge in [-0.2, -0.15) is 0 Å². The van der Waals surface area contributed by atoms with Crippen molar-refractivity contribution in [3.8, 4) is 0 Å². The van der Waals surface area contributed by atoms with Crippen LogP contribution in [0.5, 0.6) is 0 Å². The number of hydrogen-bond donors (Lipinski definition) is 3. The van der Waals surface area contributed by atoms with Crippen molar-refractivity contribution in [2.45, 2.75) is 12.8 Å². The molecule has 0 spiro atoms. The van der Waals surface area contributed by atoms with Crippen LogP contribution in [0.3, 0.4) is 0 Å². The quantitative estimate of drug-likeness (QED) is 0.650. The topological polar surface area (TPSA) is 83.1 Å². The lowest BCUT2D eigenvalue weighted by Gasteiger charge is -2.09. The highest BCUT2D eigenvalue weighted by atomic mass is 35.5. The predicted octanol–water partition coefficient (Wildman–Crippen LogP) is 2.13. The number of benzene rings is 1. The van der Waals surface area contributed by atoms with Gasteiger partial charge in [0.25, 0.3) is 0 Å². The van der Waals surface area contributed by atoms with Crippen LogP contribution in [-0.4, -0.2) is 36.9 Å². The van der Waals surface area contributed by atoms with Crippen LogP contribution in [0.1, 0.15) is 12.8 Å². The number of amides is 2. The lowest BCUT2D eigenvalue weighted by molar-refractivity contribution is -0.124. The van der Waals surface area contributed by atoms with E-state index in [0.717, 1.165) is 23.9 Å². The number of carbonyl (C=O) groups is 2. The molecule has 0 saturated heterocycles. The molecule has 0 unspecified atom stereocenters. The minimum Gasteiger partial charge on any atom is -0.347 e. The summed E-state index contributed by atoms with van der Waals surface area (Å²) in [4.78, 5) is 27.8. The molecule has 0 aliphatic carbocycles. The zero-order valence-corrected chi connectivity index (χ0v) is 15.0. The lowest BCUT2D eigenvalue weighted by Crippen LogP contribution is -2.33. The molecule has 8 heteroatoms. The number of para-hydroxylation sites is 1. The molecule has 132 valence electrons. The first-order valence-electron chi connectivity index (χ1n) is 7.25. The maximum atomic E-state index is 11.9. The van der Waals surface area contributed by atoms with Crippen molar-refractivity contribution in [1.29, 1.82) is 0 Å². The Balaban J connectivity index is 0.00000264. The third-order valence-corrected chi connectivity index (χ3v) is 3.18. The number of aromatic nitrogens is 1. The van der Waals surface area contributed by atoms with Crippen LogP contribution in [0, 0.1) is 0 Å². The molecule has 1 heterocycles. The summed E-state index contributed by atoms with van der Waals surface area (Å²) < 4.78 is 0. The van der Waals surface area contributed by atoms with E-state index in [0.29, 0.717) is 12.1 Å². The van der Waals surface area contributed by atoms with Crippen molar-refractivity contribution in [2.75, 3.05) is 25.5 Å². The number of nitrogens with one attached hydrogen (secondary N) is 3. The molecule has 0 atom stereocenters. The molecule has 0 radical (unpaired) electrons. The van der Waals surface area contributed by atoms with Gasteiger partial charge in [0.2, 0.25) is 11.8 Å². The van der Waals surface area contributed by atoms with Crippen molar-refractivity contribution >= 4 is 53.2 Å². The molecule has 24 heavy (non-hydrogen) atoms. The Kier molecular flexibility index (Phi) is 10.7. The van der Waals surface area contributed by atoms with E-state index in [9.17, 15) is 9.59 Å². The molecule has 0 aliphatic heterocycles. The molecule has 3 N–H and O–H groups in total. The molecule has 2 amide bonds. The van der Waals surface area contributed by atoms with Gasteiger partial charge in [-0.05, 0) is 32.1 Å². The molecule has 0 fully saturated rings. The fourth-order valence-corrected chi connectivity index (χ4v) is 2.09. The second-order valence-corrected chi connectivity index (χ2v) is 4.91. The van der Waals surface area contributed by atoms with Crippen molar-refractivity contribution < 1.29 is 9.59 Å². The highest BCUT2D eigenvalue weighted by molar-refractivity contribution is 6.01. The first-order valence-corrected chi connectivity index (χ1v) is 7.25. The average molecular weight is 373 g/mol. The molecule has 6 nitrogen and oxygen atoms in total. The number of fused-ring (bicyclic) bond motifs is 1. The van der Waals surface area contributed by atoms with E-state index in [-0.39, 0.29) is 43.2 Å². The Bertz CT molecular complexity index is 662. The van der Waals surface area contributed by atoms with E-state index in [2.05, 4.69) is 20.9 Å². The van der Waals surface area contributed by atoms with E-state index < -0.39 is 0 Å². The zero-order valence-electron chi connectivity index (χ0n) is 13.4. The van der Waals surface area contributed by atoms with Gasteiger partial charge in [-0.3, -0.25) is 14.6 Å². The molecule has 2 rings (SSSR count). The minimum absolute atomic E-state index is 0. The molecule has 0 aliphatic rings. The molecule has 1 aromatic carbocycles. The van der Waals surface area contributed by atoms with Gasteiger partial charge in [0.1, 0.15) is 0 Å². The number of nitrogens with zero attached hydrogens (tertiary/aromatic N) is 1. The summed E-state index contributed by atoms with van der Waals surface area (Å²) in [5, 5.41) is 9.32. The van der Waals surface area contributed by atoms with Crippen LogP contribution in [0.4, 0.5) is 5.69 Å². The SMILES string of the molecule is CNCCCC(=O)NCC(=O)Nc1cccc2cccnc12.Cl.Cl. The largest absolute Gasteiger partial charge is 0.347 e. The summed E-state index contributed by atoms with van der Waals surface area (Å²) in [5.74, 6) is -0.387. The second kappa shape index (κ2) is 11.6. The Morgan fingerprint density at radius 1 is 1.08 bits per heavy atom. The smallest absolute Gasteiger partial charge is 0.243 e. The first kappa shape index (κ1) is 22.1. The molecule has 0 bridgehead atoms. The van der Waals surface area contributed by atoms with Crippen molar-refractivity contribution in [3.63, 3.8) is 0 Å². The van der Waals surface area contributed by atoms with Crippen LogP contribution < -0.4 is 16.0 Å². The predicted molar refractivity (Wildman–Crippen MR) is 101 cm³/mol. The summed E-state index contributed by atoms with van der Waals surface area (Å²) in [6.07, 6.45) is 2.84. The molecule has 0 saturated carbocycles. The van der Waals surface area contributed by atoms with Gasteiger partial charge in [-0.1, -0.05) is 18.2 Å². The Morgan fingerprint density at radius 3 is 2.58 bits per heavy atom.